The summed E-state index contributed by atoms with van der Waals surface area (Å²) >= 11 is 0. The van der Waals surface area contributed by atoms with E-state index in [2.05, 4.69) is 4.74 Å². The molecular weight excluding hydrogens is 156 g/mol. The number of esters is 1. The van der Waals surface area contributed by atoms with E-state index in [1.165, 1.54) is 7.11 Å². The fourth-order valence-corrected chi connectivity index (χ4v) is 1.21. The van der Waals surface area contributed by atoms with Crippen LogP contribution in [0.1, 0.15) is 10.4 Å². The van der Waals surface area contributed by atoms with Gasteiger partial charge in [0, 0.05) is 10.8 Å². The highest BCUT2D eigenvalue weighted by Gasteiger charge is 2.20. The molecule has 0 amide bonds. The van der Waals surface area contributed by atoms with E-state index in [-0.39, 0.29) is 5.43 Å². The number of carbonyl (C=O) groups excluding carboxylic acids is 1. The highest BCUT2D eigenvalue weighted by molar-refractivity contribution is 6.11. The minimum Gasteiger partial charge on any atom is -0.465 e. The van der Waals surface area contributed by atoms with Gasteiger partial charge in [-0.15, -0.1) is 0 Å². The van der Waals surface area contributed by atoms with E-state index in [1.54, 1.807) is 18.2 Å². The summed E-state index contributed by atoms with van der Waals surface area (Å²) in [6.45, 7) is 0. The van der Waals surface area contributed by atoms with E-state index in [4.69, 9.17) is 0 Å². The van der Waals surface area contributed by atoms with Crippen molar-refractivity contribution < 1.29 is 9.53 Å². The summed E-state index contributed by atoms with van der Waals surface area (Å²) in [6.07, 6.45) is 0. The topological polar surface area (TPSA) is 43.4 Å². The Balaban J connectivity index is 2.62. The van der Waals surface area contributed by atoms with Gasteiger partial charge in [-0.2, -0.15) is 0 Å². The Morgan fingerprint density at radius 1 is 1.42 bits per heavy atom. The van der Waals surface area contributed by atoms with Crippen LogP contribution in [0.3, 0.4) is 0 Å². The maximum absolute atomic E-state index is 11.0. The van der Waals surface area contributed by atoms with Crippen LogP contribution in [0.5, 0.6) is 0 Å². The standard InChI is InChI=1S/C9H6O3/c1-12-9(11)6-4-2-3-5-7(6)8(5)10/h2-4H,1H3. The molecule has 0 saturated carbocycles. The fourth-order valence-electron chi connectivity index (χ4n) is 1.21. The number of carbonyl (C=O) groups is 1. The van der Waals surface area contributed by atoms with Crippen molar-refractivity contribution in [2.45, 2.75) is 0 Å². The van der Waals surface area contributed by atoms with Gasteiger partial charge in [0.1, 0.15) is 0 Å². The van der Waals surface area contributed by atoms with Gasteiger partial charge in [-0.3, -0.25) is 4.79 Å². The van der Waals surface area contributed by atoms with Crippen LogP contribution in [0.25, 0.3) is 10.8 Å². The summed E-state index contributed by atoms with van der Waals surface area (Å²) in [5.74, 6) is -0.447. The van der Waals surface area contributed by atoms with Crippen LogP contribution in [-0.2, 0) is 4.74 Å². The molecule has 0 heterocycles. The molecule has 0 atom stereocenters. The molecule has 0 aliphatic heterocycles. The van der Waals surface area contributed by atoms with Crippen molar-refractivity contribution in [3.8, 4) is 0 Å². The lowest BCUT2D eigenvalue weighted by molar-refractivity contribution is 0.0603. The molecular formula is C9H6O3. The van der Waals surface area contributed by atoms with Crippen molar-refractivity contribution in [1.29, 1.82) is 0 Å². The third-order valence-corrected chi connectivity index (χ3v) is 1.88. The third-order valence-electron chi connectivity index (χ3n) is 1.88. The van der Waals surface area contributed by atoms with E-state index in [0.29, 0.717) is 16.3 Å². The van der Waals surface area contributed by atoms with E-state index < -0.39 is 5.97 Å². The second kappa shape index (κ2) is 2.17. The van der Waals surface area contributed by atoms with Gasteiger partial charge in [0.15, 0.2) is 5.43 Å². The summed E-state index contributed by atoms with van der Waals surface area (Å²) in [7, 11) is 1.30. The first-order valence-corrected chi connectivity index (χ1v) is 3.51. The molecule has 2 rings (SSSR count). The lowest BCUT2D eigenvalue weighted by Crippen LogP contribution is -2.00. The molecule has 0 aliphatic rings. The van der Waals surface area contributed by atoms with Gasteiger partial charge < -0.3 is 4.74 Å². The van der Waals surface area contributed by atoms with Gasteiger partial charge in [-0.25, -0.2) is 4.79 Å². The maximum atomic E-state index is 11.0. The van der Waals surface area contributed by atoms with Crippen molar-refractivity contribution in [3.05, 3.63) is 34.0 Å². The maximum Gasteiger partial charge on any atom is 0.338 e. The molecule has 2 aromatic rings. The average molecular weight is 162 g/mol. The van der Waals surface area contributed by atoms with Gasteiger partial charge in [0.2, 0.25) is 0 Å². The molecule has 0 saturated heterocycles. The van der Waals surface area contributed by atoms with Crippen molar-refractivity contribution >= 4 is 16.7 Å². The molecule has 0 unspecified atom stereocenters. The van der Waals surface area contributed by atoms with E-state index >= 15 is 0 Å². The summed E-state index contributed by atoms with van der Waals surface area (Å²) in [5, 5.41) is 1.15. The number of hydrogen-bond acceptors (Lipinski definition) is 3. The molecule has 0 bridgehead atoms. The smallest absolute Gasteiger partial charge is 0.338 e. The van der Waals surface area contributed by atoms with Crippen molar-refractivity contribution in [2.75, 3.05) is 7.11 Å². The van der Waals surface area contributed by atoms with Gasteiger partial charge >= 0.3 is 5.97 Å². The quantitative estimate of drug-likeness (QED) is 0.584. The number of rotatable bonds is 1. The second-order valence-corrected chi connectivity index (χ2v) is 2.55. The molecule has 12 heavy (non-hydrogen) atoms. The lowest BCUT2D eigenvalue weighted by atomic mass is 10.2. The number of methoxy groups -OCH3 is 1. The number of fused-ring (bicyclic) bond motifs is 1. The van der Waals surface area contributed by atoms with Crippen LogP contribution in [0.4, 0.5) is 0 Å². The highest BCUT2D eigenvalue weighted by Crippen LogP contribution is 2.19. The SMILES string of the molecule is COC(=O)c1cccc2c(=O)c12. The minimum absolute atomic E-state index is 0.0413. The summed E-state index contributed by atoms with van der Waals surface area (Å²) in [5.41, 5.74) is 0.334. The van der Waals surface area contributed by atoms with Crippen molar-refractivity contribution in [2.24, 2.45) is 0 Å². The van der Waals surface area contributed by atoms with E-state index in [0.717, 1.165) is 0 Å². The van der Waals surface area contributed by atoms with Crippen LogP contribution in [0.15, 0.2) is 23.0 Å². The Morgan fingerprint density at radius 2 is 2.17 bits per heavy atom. The Labute approximate surface area is 68.2 Å². The lowest BCUT2D eigenvalue weighted by Gasteiger charge is -1.94. The molecule has 0 aliphatic carbocycles. The monoisotopic (exact) mass is 162 g/mol. The zero-order valence-corrected chi connectivity index (χ0v) is 6.46. The highest BCUT2D eigenvalue weighted by atomic mass is 16.5. The minimum atomic E-state index is -0.447. The molecule has 0 radical (unpaired) electrons. The molecule has 2 aromatic carbocycles. The molecule has 0 fully saturated rings. The normalized spacial score (nSPS) is 10.8. The number of hydrogen-bond donors (Lipinski definition) is 0. The van der Waals surface area contributed by atoms with Crippen LogP contribution >= 0.6 is 0 Å². The third kappa shape index (κ3) is 0.763. The molecule has 0 N–H and O–H groups in total. The van der Waals surface area contributed by atoms with Gasteiger partial charge in [0.25, 0.3) is 0 Å². The first-order valence-electron chi connectivity index (χ1n) is 3.51. The van der Waals surface area contributed by atoms with Crippen LogP contribution < -0.4 is 5.43 Å². The largest absolute Gasteiger partial charge is 0.465 e. The molecule has 3 nitrogen and oxygen atoms in total. The number of ether oxygens (including phenoxy) is 1. The average Bonchev–Trinajstić information content (AvgIpc) is 2.77. The summed E-state index contributed by atoms with van der Waals surface area (Å²) in [6, 6.07) is 4.97. The van der Waals surface area contributed by atoms with E-state index in [1.807, 2.05) is 0 Å². The van der Waals surface area contributed by atoms with Crippen molar-refractivity contribution in [3.63, 3.8) is 0 Å². The van der Waals surface area contributed by atoms with Gasteiger partial charge in [-0.05, 0) is 6.07 Å². The molecule has 3 heteroatoms. The zero-order valence-electron chi connectivity index (χ0n) is 6.46. The van der Waals surface area contributed by atoms with Gasteiger partial charge in [0.05, 0.1) is 12.7 Å². The first-order chi connectivity index (χ1) is 5.75. The summed E-state index contributed by atoms with van der Waals surface area (Å²) in [4.78, 5) is 22.0. The van der Waals surface area contributed by atoms with Gasteiger partial charge in [-0.1, -0.05) is 12.1 Å². The van der Waals surface area contributed by atoms with Crippen LogP contribution in [0, 0.1) is 0 Å². The fraction of sp³-hybridized carbons (Fsp3) is 0.111. The number of benzene rings is 1. The second-order valence-electron chi connectivity index (χ2n) is 2.55. The summed E-state index contributed by atoms with van der Waals surface area (Å²) < 4.78 is 4.51. The first kappa shape index (κ1) is 7.03. The van der Waals surface area contributed by atoms with E-state index in [9.17, 15) is 9.59 Å². The predicted octanol–water partition coefficient (Wildman–Crippen LogP) is 0.862. The Morgan fingerprint density at radius 3 is 2.83 bits per heavy atom. The Bertz CT molecular complexity index is 461. The zero-order chi connectivity index (χ0) is 8.72. The molecule has 60 valence electrons. The Hall–Kier alpha value is -1.64. The van der Waals surface area contributed by atoms with Crippen LogP contribution in [0.2, 0.25) is 0 Å². The van der Waals surface area contributed by atoms with Crippen molar-refractivity contribution in [1.82, 2.24) is 0 Å². The molecule has 0 spiro atoms. The predicted molar refractivity (Wildman–Crippen MR) is 43.9 cm³/mol. The Kier molecular flexibility index (Phi) is 1.27. The van der Waals surface area contributed by atoms with Crippen LogP contribution in [-0.4, -0.2) is 13.1 Å². The molecule has 0 aromatic heterocycles.